The number of imidazole rings is 1. The number of benzene rings is 9. The molecule has 0 saturated carbocycles. The highest BCUT2D eigenvalue weighted by Gasteiger charge is 2.20. The van der Waals surface area contributed by atoms with Crippen LogP contribution in [0.2, 0.25) is 0 Å². The molecule has 0 aliphatic rings. The zero-order valence-electron chi connectivity index (χ0n) is 29.0. The number of rotatable bonds is 6. The van der Waals surface area contributed by atoms with E-state index in [0.717, 1.165) is 39.2 Å². The lowest BCUT2D eigenvalue weighted by molar-refractivity contribution is 1.10. The first kappa shape index (κ1) is 30.8. The Balaban J connectivity index is 1.23. The number of hydrogen-bond donors (Lipinski definition) is 0. The maximum Gasteiger partial charge on any atom is 0.145 e. The maximum atomic E-state index is 5.26. The van der Waals surface area contributed by atoms with Crippen molar-refractivity contribution >= 4 is 32.6 Å². The summed E-state index contributed by atoms with van der Waals surface area (Å²) in [5, 5.41) is 4.95. The molecule has 0 N–H and O–H groups in total. The maximum absolute atomic E-state index is 5.26. The second-order valence-electron chi connectivity index (χ2n) is 13.5. The minimum atomic E-state index is 0.933. The fourth-order valence-corrected chi connectivity index (χ4v) is 7.93. The van der Waals surface area contributed by atoms with E-state index in [1.54, 1.807) is 0 Å². The molecule has 9 aromatic carbocycles. The van der Waals surface area contributed by atoms with Gasteiger partial charge in [0.15, 0.2) is 0 Å². The molecule has 2 heteroatoms. The summed E-state index contributed by atoms with van der Waals surface area (Å²) in [6.45, 7) is 0. The van der Waals surface area contributed by atoms with Crippen LogP contribution >= 0.6 is 0 Å². The van der Waals surface area contributed by atoms with Crippen molar-refractivity contribution in [1.29, 1.82) is 0 Å². The van der Waals surface area contributed by atoms with Crippen molar-refractivity contribution in [2.45, 2.75) is 0 Å². The van der Waals surface area contributed by atoms with Crippen LogP contribution in [0.5, 0.6) is 0 Å². The highest BCUT2D eigenvalue weighted by atomic mass is 15.1. The summed E-state index contributed by atoms with van der Waals surface area (Å²) >= 11 is 0. The number of para-hydroxylation sites is 1. The van der Waals surface area contributed by atoms with Crippen molar-refractivity contribution in [1.82, 2.24) is 9.55 Å². The Morgan fingerprint density at radius 2 is 0.717 bits per heavy atom. The molecular formula is C51H34N2. The monoisotopic (exact) mass is 674 g/mol. The normalized spacial score (nSPS) is 11.4. The molecule has 1 aromatic heterocycles. The first-order valence-corrected chi connectivity index (χ1v) is 18.1. The Bertz CT molecular complexity index is 2900. The van der Waals surface area contributed by atoms with E-state index in [1.165, 1.54) is 54.9 Å². The minimum absolute atomic E-state index is 0.933. The molecule has 0 spiro atoms. The summed E-state index contributed by atoms with van der Waals surface area (Å²) in [7, 11) is 0. The molecule has 0 amide bonds. The van der Waals surface area contributed by atoms with Gasteiger partial charge in [-0.25, -0.2) is 4.98 Å². The van der Waals surface area contributed by atoms with Gasteiger partial charge in [0.05, 0.1) is 11.0 Å². The van der Waals surface area contributed by atoms with Crippen molar-refractivity contribution in [2.24, 2.45) is 0 Å². The van der Waals surface area contributed by atoms with Gasteiger partial charge in [-0.05, 0) is 102 Å². The second kappa shape index (κ2) is 12.9. The van der Waals surface area contributed by atoms with Crippen molar-refractivity contribution in [3.63, 3.8) is 0 Å². The molecule has 2 nitrogen and oxygen atoms in total. The first-order chi connectivity index (χ1) is 26.3. The average Bonchev–Trinajstić information content (AvgIpc) is 3.63. The summed E-state index contributed by atoms with van der Waals surface area (Å²) in [5.41, 5.74) is 13.9. The summed E-state index contributed by atoms with van der Waals surface area (Å²) in [5.74, 6) is 0.933. The Morgan fingerprint density at radius 3 is 1.25 bits per heavy atom. The second-order valence-corrected chi connectivity index (χ2v) is 13.5. The van der Waals surface area contributed by atoms with Gasteiger partial charge in [0, 0.05) is 11.3 Å². The van der Waals surface area contributed by atoms with Crippen molar-refractivity contribution in [3.05, 3.63) is 206 Å². The molecule has 1 heterocycles. The largest absolute Gasteiger partial charge is 0.292 e. The van der Waals surface area contributed by atoms with Gasteiger partial charge >= 0.3 is 0 Å². The van der Waals surface area contributed by atoms with Gasteiger partial charge in [0.2, 0.25) is 0 Å². The standard InChI is InChI=1S/C51H34N2/c1-6-16-35(17-7-1)39-26-29-43-45(32-39)49(36-18-8-2-9-19-36)44-30-27-40(33-46(44)50(43)37-20-10-3-11-21-37)41-28-31-48-47(34-41)52-51(38-22-12-4-13-23-38)53(48)42-24-14-5-15-25-42/h1-34H. The van der Waals surface area contributed by atoms with Crippen LogP contribution in [0.1, 0.15) is 0 Å². The van der Waals surface area contributed by atoms with Gasteiger partial charge in [-0.3, -0.25) is 4.57 Å². The van der Waals surface area contributed by atoms with E-state index in [-0.39, 0.29) is 0 Å². The highest BCUT2D eigenvalue weighted by molar-refractivity contribution is 6.22. The van der Waals surface area contributed by atoms with Crippen molar-refractivity contribution < 1.29 is 0 Å². The van der Waals surface area contributed by atoms with Crippen LogP contribution in [-0.4, -0.2) is 9.55 Å². The van der Waals surface area contributed by atoms with Crippen LogP contribution in [0.25, 0.3) is 94.2 Å². The quantitative estimate of drug-likeness (QED) is 0.161. The van der Waals surface area contributed by atoms with Crippen LogP contribution in [0.3, 0.4) is 0 Å². The zero-order chi connectivity index (χ0) is 35.1. The first-order valence-electron chi connectivity index (χ1n) is 18.1. The molecular weight excluding hydrogens is 641 g/mol. The molecule has 0 aliphatic carbocycles. The van der Waals surface area contributed by atoms with Crippen molar-refractivity contribution in [3.8, 4) is 61.6 Å². The molecule has 0 bridgehead atoms. The number of fused-ring (bicyclic) bond motifs is 3. The lowest BCUT2D eigenvalue weighted by atomic mass is 9.84. The van der Waals surface area contributed by atoms with Crippen LogP contribution in [0.15, 0.2) is 206 Å². The molecule has 0 saturated heterocycles. The highest BCUT2D eigenvalue weighted by Crippen LogP contribution is 2.46. The Hall–Kier alpha value is -7.03. The van der Waals surface area contributed by atoms with Crippen LogP contribution in [-0.2, 0) is 0 Å². The molecule has 0 aliphatic heterocycles. The molecule has 0 radical (unpaired) electrons. The molecule has 248 valence electrons. The number of nitrogens with zero attached hydrogens (tertiary/aromatic N) is 2. The smallest absolute Gasteiger partial charge is 0.145 e. The van der Waals surface area contributed by atoms with E-state index in [4.69, 9.17) is 4.98 Å². The fourth-order valence-electron chi connectivity index (χ4n) is 7.93. The van der Waals surface area contributed by atoms with E-state index in [2.05, 4.69) is 211 Å². The Morgan fingerprint density at radius 1 is 0.302 bits per heavy atom. The molecule has 10 aromatic rings. The molecule has 53 heavy (non-hydrogen) atoms. The lowest BCUT2D eigenvalue weighted by Crippen LogP contribution is -1.97. The van der Waals surface area contributed by atoms with E-state index in [1.807, 2.05) is 0 Å². The van der Waals surface area contributed by atoms with E-state index < -0.39 is 0 Å². The topological polar surface area (TPSA) is 17.8 Å². The van der Waals surface area contributed by atoms with Crippen LogP contribution < -0.4 is 0 Å². The molecule has 0 unspecified atom stereocenters. The van der Waals surface area contributed by atoms with Gasteiger partial charge in [-0.15, -0.1) is 0 Å². The molecule has 10 rings (SSSR count). The van der Waals surface area contributed by atoms with E-state index in [9.17, 15) is 0 Å². The minimum Gasteiger partial charge on any atom is -0.292 e. The van der Waals surface area contributed by atoms with Crippen LogP contribution in [0, 0.1) is 0 Å². The third kappa shape index (κ3) is 5.40. The molecule has 0 atom stereocenters. The van der Waals surface area contributed by atoms with Crippen molar-refractivity contribution in [2.75, 3.05) is 0 Å². The summed E-state index contributed by atoms with van der Waals surface area (Å²) in [4.78, 5) is 5.26. The average molecular weight is 675 g/mol. The molecule has 0 fully saturated rings. The number of hydrogen-bond acceptors (Lipinski definition) is 1. The van der Waals surface area contributed by atoms with E-state index in [0.29, 0.717) is 0 Å². The number of aromatic nitrogens is 2. The van der Waals surface area contributed by atoms with Gasteiger partial charge in [0.1, 0.15) is 5.82 Å². The summed E-state index contributed by atoms with van der Waals surface area (Å²) in [6.07, 6.45) is 0. The lowest BCUT2D eigenvalue weighted by Gasteiger charge is -2.19. The third-order valence-corrected chi connectivity index (χ3v) is 10.4. The fraction of sp³-hybridized carbons (Fsp3) is 0. The third-order valence-electron chi connectivity index (χ3n) is 10.4. The summed E-state index contributed by atoms with van der Waals surface area (Å²) in [6, 6.07) is 74.1. The van der Waals surface area contributed by atoms with Gasteiger partial charge in [0.25, 0.3) is 0 Å². The summed E-state index contributed by atoms with van der Waals surface area (Å²) < 4.78 is 2.27. The SMILES string of the molecule is c1ccc(-c2ccc3c(-c4ccccc4)c4cc(-c5ccc6c(c5)nc(-c5ccccc5)n6-c5ccccc5)ccc4c(-c4ccccc4)c3c2)cc1. The van der Waals surface area contributed by atoms with Crippen LogP contribution in [0.4, 0.5) is 0 Å². The van der Waals surface area contributed by atoms with Gasteiger partial charge in [-0.2, -0.15) is 0 Å². The zero-order valence-corrected chi connectivity index (χ0v) is 29.0. The Labute approximate surface area is 308 Å². The predicted molar refractivity (Wildman–Crippen MR) is 223 cm³/mol. The van der Waals surface area contributed by atoms with Gasteiger partial charge in [-0.1, -0.05) is 170 Å². The van der Waals surface area contributed by atoms with Gasteiger partial charge < -0.3 is 0 Å². The predicted octanol–water partition coefficient (Wildman–Crippen LogP) is 13.7. The van der Waals surface area contributed by atoms with E-state index >= 15 is 0 Å². The Kier molecular flexibility index (Phi) is 7.51.